The van der Waals surface area contributed by atoms with Crippen LogP contribution in [0.5, 0.6) is 0 Å². The maximum Gasteiger partial charge on any atom is 0.247 e. The number of hydrazine groups is 1. The molecule has 17 heavy (non-hydrogen) atoms. The number of carbonyl (C=O) groups excluding carboxylic acids is 1. The van der Waals surface area contributed by atoms with Gasteiger partial charge in [-0.15, -0.1) is 11.8 Å². The Hall–Kier alpha value is -1.27. The summed E-state index contributed by atoms with van der Waals surface area (Å²) in [7, 11) is 0. The number of nitrogen functional groups attached to an aromatic ring is 1. The minimum absolute atomic E-state index is 0.0613. The van der Waals surface area contributed by atoms with Crippen molar-refractivity contribution >= 4 is 23.4 Å². The Morgan fingerprint density at radius 2 is 2.12 bits per heavy atom. The molecule has 0 heterocycles. The average Bonchev–Trinajstić information content (AvgIpc) is 2.28. The van der Waals surface area contributed by atoms with Gasteiger partial charge in [-0.05, 0) is 24.1 Å². The Morgan fingerprint density at radius 3 is 2.65 bits per heavy atom. The van der Waals surface area contributed by atoms with E-state index in [1.165, 1.54) is 30.0 Å². The molecule has 0 aliphatic heterocycles. The van der Waals surface area contributed by atoms with E-state index in [9.17, 15) is 9.18 Å². The summed E-state index contributed by atoms with van der Waals surface area (Å²) in [4.78, 5) is 12.1. The fourth-order valence-corrected chi connectivity index (χ4v) is 2.43. The van der Waals surface area contributed by atoms with Crippen molar-refractivity contribution in [2.45, 2.75) is 24.0 Å². The number of anilines is 1. The molecule has 4 nitrogen and oxygen atoms in total. The number of hydrogen-bond donors (Lipinski definition) is 3. The molecule has 0 saturated heterocycles. The lowest BCUT2D eigenvalue weighted by Gasteiger charge is -2.19. The van der Waals surface area contributed by atoms with E-state index >= 15 is 0 Å². The first-order valence-electron chi connectivity index (χ1n) is 5.18. The van der Waals surface area contributed by atoms with Crippen molar-refractivity contribution in [2.75, 3.05) is 5.73 Å². The van der Waals surface area contributed by atoms with Gasteiger partial charge in [0, 0.05) is 10.6 Å². The van der Waals surface area contributed by atoms with Gasteiger partial charge >= 0.3 is 0 Å². The van der Waals surface area contributed by atoms with Crippen LogP contribution in [0.2, 0.25) is 0 Å². The van der Waals surface area contributed by atoms with Crippen molar-refractivity contribution in [3.05, 3.63) is 24.0 Å². The number of carbonyl (C=O) groups is 1. The predicted molar refractivity (Wildman–Crippen MR) is 67.6 cm³/mol. The Kier molecular flexibility index (Phi) is 4.77. The lowest BCUT2D eigenvalue weighted by Crippen LogP contribution is -2.39. The Bertz CT molecular complexity index is 412. The maximum atomic E-state index is 13.1. The minimum Gasteiger partial charge on any atom is -0.398 e. The van der Waals surface area contributed by atoms with Gasteiger partial charge in [-0.2, -0.15) is 0 Å². The molecule has 0 fully saturated rings. The van der Waals surface area contributed by atoms with E-state index < -0.39 is 5.25 Å². The molecule has 0 aliphatic carbocycles. The van der Waals surface area contributed by atoms with Gasteiger partial charge in [-0.3, -0.25) is 10.2 Å². The lowest BCUT2D eigenvalue weighted by molar-refractivity contribution is -0.121. The topological polar surface area (TPSA) is 81.1 Å². The molecule has 0 aromatic heterocycles. The quantitative estimate of drug-likeness (QED) is 0.251. The van der Waals surface area contributed by atoms with Crippen LogP contribution in [0.4, 0.5) is 10.1 Å². The van der Waals surface area contributed by atoms with Crippen LogP contribution in [-0.2, 0) is 4.79 Å². The number of nitrogens with one attached hydrogen (secondary N) is 1. The van der Waals surface area contributed by atoms with E-state index in [1.807, 2.05) is 13.8 Å². The fourth-order valence-electron chi connectivity index (χ4n) is 1.32. The molecular formula is C11H16FN3OS. The molecule has 1 atom stereocenters. The van der Waals surface area contributed by atoms with Gasteiger partial charge in [0.15, 0.2) is 0 Å². The summed E-state index contributed by atoms with van der Waals surface area (Å²) in [6, 6.07) is 4.08. The SMILES string of the molecule is CC(C)C(Sc1cc(F)ccc1N)C(=O)NN. The highest BCUT2D eigenvalue weighted by molar-refractivity contribution is 8.00. The van der Waals surface area contributed by atoms with Crippen molar-refractivity contribution in [1.29, 1.82) is 0 Å². The van der Waals surface area contributed by atoms with Crippen molar-refractivity contribution in [3.8, 4) is 0 Å². The molecule has 0 bridgehead atoms. The number of hydrogen-bond acceptors (Lipinski definition) is 4. The zero-order valence-electron chi connectivity index (χ0n) is 9.74. The lowest BCUT2D eigenvalue weighted by atomic mass is 10.1. The summed E-state index contributed by atoms with van der Waals surface area (Å²) in [6.45, 7) is 3.78. The summed E-state index contributed by atoms with van der Waals surface area (Å²) in [5.74, 6) is 4.50. The number of thioether (sulfide) groups is 1. The van der Waals surface area contributed by atoms with Gasteiger partial charge in [0.1, 0.15) is 5.82 Å². The molecule has 6 heteroatoms. The van der Waals surface area contributed by atoms with E-state index in [0.717, 1.165) is 0 Å². The normalized spacial score (nSPS) is 12.5. The van der Waals surface area contributed by atoms with Crippen molar-refractivity contribution in [2.24, 2.45) is 11.8 Å². The van der Waals surface area contributed by atoms with Crippen LogP contribution in [0.15, 0.2) is 23.1 Å². The largest absolute Gasteiger partial charge is 0.398 e. The van der Waals surface area contributed by atoms with Gasteiger partial charge in [-0.1, -0.05) is 13.8 Å². The summed E-state index contributed by atoms with van der Waals surface area (Å²) >= 11 is 1.21. The summed E-state index contributed by atoms with van der Waals surface area (Å²) in [5.41, 5.74) is 8.29. The van der Waals surface area contributed by atoms with Gasteiger partial charge in [-0.25, -0.2) is 10.2 Å². The molecular weight excluding hydrogens is 241 g/mol. The van der Waals surface area contributed by atoms with Crippen LogP contribution >= 0.6 is 11.8 Å². The molecule has 1 aromatic rings. The van der Waals surface area contributed by atoms with Crippen molar-refractivity contribution < 1.29 is 9.18 Å². The van der Waals surface area contributed by atoms with Crippen LogP contribution in [0, 0.1) is 11.7 Å². The molecule has 0 radical (unpaired) electrons. The second-order valence-corrected chi connectivity index (χ2v) is 5.16. The Balaban J connectivity index is 2.93. The zero-order valence-corrected chi connectivity index (χ0v) is 10.6. The molecule has 1 rings (SSSR count). The summed E-state index contributed by atoms with van der Waals surface area (Å²) < 4.78 is 13.1. The van der Waals surface area contributed by atoms with Crippen LogP contribution < -0.4 is 17.0 Å². The van der Waals surface area contributed by atoms with E-state index in [0.29, 0.717) is 10.6 Å². The van der Waals surface area contributed by atoms with E-state index in [-0.39, 0.29) is 17.6 Å². The first-order chi connectivity index (χ1) is 7.95. The monoisotopic (exact) mass is 257 g/mol. The molecule has 0 saturated carbocycles. The standard InChI is InChI=1S/C11H16FN3OS/c1-6(2)10(11(16)15-14)17-9-5-7(12)3-4-8(9)13/h3-6,10H,13-14H2,1-2H3,(H,15,16). The molecule has 0 aliphatic rings. The second kappa shape index (κ2) is 5.88. The minimum atomic E-state index is -0.399. The second-order valence-electron chi connectivity index (χ2n) is 3.97. The smallest absolute Gasteiger partial charge is 0.247 e. The van der Waals surface area contributed by atoms with E-state index in [4.69, 9.17) is 11.6 Å². The third kappa shape index (κ3) is 3.61. The molecule has 94 valence electrons. The molecule has 5 N–H and O–H groups in total. The van der Waals surface area contributed by atoms with E-state index in [2.05, 4.69) is 5.43 Å². The maximum absolute atomic E-state index is 13.1. The third-order valence-electron chi connectivity index (χ3n) is 2.24. The number of halogens is 1. The molecule has 1 unspecified atom stereocenters. The van der Waals surface area contributed by atoms with Gasteiger partial charge in [0.25, 0.3) is 0 Å². The number of rotatable bonds is 4. The first kappa shape index (κ1) is 13.8. The molecule has 1 amide bonds. The number of nitrogens with two attached hydrogens (primary N) is 2. The highest BCUT2D eigenvalue weighted by atomic mass is 32.2. The Morgan fingerprint density at radius 1 is 1.47 bits per heavy atom. The zero-order chi connectivity index (χ0) is 13.0. The highest BCUT2D eigenvalue weighted by Gasteiger charge is 2.23. The third-order valence-corrected chi connectivity index (χ3v) is 3.86. The summed E-state index contributed by atoms with van der Waals surface area (Å²) in [5, 5.41) is -0.399. The van der Waals surface area contributed by atoms with Crippen LogP contribution in [0.3, 0.4) is 0 Å². The first-order valence-corrected chi connectivity index (χ1v) is 6.05. The van der Waals surface area contributed by atoms with Gasteiger partial charge in [0.2, 0.25) is 5.91 Å². The van der Waals surface area contributed by atoms with Crippen LogP contribution in [0.25, 0.3) is 0 Å². The van der Waals surface area contributed by atoms with Gasteiger partial charge in [0.05, 0.1) is 5.25 Å². The van der Waals surface area contributed by atoms with Crippen molar-refractivity contribution in [1.82, 2.24) is 5.43 Å². The van der Waals surface area contributed by atoms with Gasteiger partial charge < -0.3 is 5.73 Å². The van der Waals surface area contributed by atoms with Crippen LogP contribution in [0.1, 0.15) is 13.8 Å². The summed E-state index contributed by atoms with van der Waals surface area (Å²) in [6.07, 6.45) is 0. The van der Waals surface area contributed by atoms with Crippen molar-refractivity contribution in [3.63, 3.8) is 0 Å². The highest BCUT2D eigenvalue weighted by Crippen LogP contribution is 2.32. The predicted octanol–water partition coefficient (Wildman–Crippen LogP) is 1.51. The number of benzene rings is 1. The molecule has 0 spiro atoms. The van der Waals surface area contributed by atoms with Crippen LogP contribution in [-0.4, -0.2) is 11.2 Å². The van der Waals surface area contributed by atoms with E-state index in [1.54, 1.807) is 0 Å². The molecule has 1 aromatic carbocycles. The average molecular weight is 257 g/mol. The fraction of sp³-hybridized carbons (Fsp3) is 0.364. The Labute approximate surface area is 104 Å². The number of amides is 1.